The van der Waals surface area contributed by atoms with Crippen molar-refractivity contribution in [2.75, 3.05) is 19.6 Å². The Balaban J connectivity index is 2.00. The van der Waals surface area contributed by atoms with E-state index in [2.05, 4.69) is 5.32 Å². The Morgan fingerprint density at radius 1 is 1.29 bits per heavy atom. The van der Waals surface area contributed by atoms with Crippen molar-refractivity contribution in [3.8, 4) is 0 Å². The van der Waals surface area contributed by atoms with Gasteiger partial charge in [0.05, 0.1) is 6.54 Å². The molecule has 0 radical (unpaired) electrons. The van der Waals surface area contributed by atoms with Crippen LogP contribution in [0, 0.1) is 5.82 Å². The molecule has 1 aliphatic heterocycles. The molecule has 1 saturated heterocycles. The molecule has 2 N–H and O–H groups in total. The fourth-order valence-corrected chi connectivity index (χ4v) is 2.66. The van der Waals surface area contributed by atoms with Gasteiger partial charge in [-0.05, 0) is 37.1 Å². The third-order valence-corrected chi connectivity index (χ3v) is 3.65. The van der Waals surface area contributed by atoms with Gasteiger partial charge in [0.2, 0.25) is 5.91 Å². The van der Waals surface area contributed by atoms with Crippen LogP contribution in [-0.2, 0) is 9.59 Å². The zero-order chi connectivity index (χ0) is 15.2. The van der Waals surface area contributed by atoms with E-state index in [-0.39, 0.29) is 30.9 Å². The van der Waals surface area contributed by atoms with Gasteiger partial charge in [-0.25, -0.2) is 4.39 Å². The predicted octanol–water partition coefficient (Wildman–Crippen LogP) is 1.55. The zero-order valence-electron chi connectivity index (χ0n) is 11.7. The van der Waals surface area contributed by atoms with Gasteiger partial charge in [-0.2, -0.15) is 0 Å². The summed E-state index contributed by atoms with van der Waals surface area (Å²) in [4.78, 5) is 24.2. The Morgan fingerprint density at radius 3 is 2.67 bits per heavy atom. The number of nitrogens with one attached hydrogen (secondary N) is 1. The Labute approximate surface area is 122 Å². The van der Waals surface area contributed by atoms with E-state index in [1.54, 1.807) is 12.1 Å². The van der Waals surface area contributed by atoms with Crippen molar-refractivity contribution in [2.24, 2.45) is 0 Å². The summed E-state index contributed by atoms with van der Waals surface area (Å²) >= 11 is 0. The number of likely N-dealkylation sites (tertiary alicyclic amines) is 1. The Kier molecular flexibility index (Phi) is 5.27. The van der Waals surface area contributed by atoms with Crippen LogP contribution in [0.3, 0.4) is 0 Å². The van der Waals surface area contributed by atoms with Crippen molar-refractivity contribution in [2.45, 2.75) is 25.3 Å². The number of carbonyl (C=O) groups is 2. The highest BCUT2D eigenvalue weighted by Gasteiger charge is 2.25. The summed E-state index contributed by atoms with van der Waals surface area (Å²) in [5, 5.41) is 10.9. The molecule has 0 bridgehead atoms. The molecule has 1 unspecified atom stereocenters. The Hall–Kier alpha value is -1.95. The van der Waals surface area contributed by atoms with Crippen LogP contribution in [0.15, 0.2) is 24.3 Å². The molecular formula is C15H19FN2O3. The second kappa shape index (κ2) is 7.17. The van der Waals surface area contributed by atoms with Crippen LogP contribution >= 0.6 is 0 Å². The number of aliphatic carboxylic acids is 1. The van der Waals surface area contributed by atoms with E-state index in [4.69, 9.17) is 5.11 Å². The van der Waals surface area contributed by atoms with E-state index in [0.717, 1.165) is 31.4 Å². The number of halogens is 1. The van der Waals surface area contributed by atoms with Crippen LogP contribution in [0.1, 0.15) is 30.9 Å². The molecule has 1 atom stereocenters. The van der Waals surface area contributed by atoms with Crippen LogP contribution in [0.25, 0.3) is 0 Å². The maximum Gasteiger partial charge on any atom is 0.322 e. The first-order valence-corrected chi connectivity index (χ1v) is 7.04. The van der Waals surface area contributed by atoms with Crippen LogP contribution in [-0.4, -0.2) is 41.5 Å². The second-order valence-corrected chi connectivity index (χ2v) is 5.20. The van der Waals surface area contributed by atoms with Crippen molar-refractivity contribution < 1.29 is 19.1 Å². The number of rotatable bonds is 5. The van der Waals surface area contributed by atoms with E-state index < -0.39 is 5.97 Å². The number of carbonyl (C=O) groups excluding carboxylic acids is 1. The monoisotopic (exact) mass is 294 g/mol. The lowest BCUT2D eigenvalue weighted by atomic mass is 9.95. The summed E-state index contributed by atoms with van der Waals surface area (Å²) in [6.07, 6.45) is 2.98. The van der Waals surface area contributed by atoms with E-state index in [0.29, 0.717) is 0 Å². The molecule has 0 saturated carbocycles. The molecule has 1 heterocycles. The SMILES string of the molecule is O=C(O)CNC(=O)CN1CCCCC1c1ccc(F)cc1. The summed E-state index contributed by atoms with van der Waals surface area (Å²) in [6, 6.07) is 6.41. The molecule has 0 aliphatic carbocycles. The number of hydrogen-bond donors (Lipinski definition) is 2. The lowest BCUT2D eigenvalue weighted by Crippen LogP contribution is -2.42. The van der Waals surface area contributed by atoms with E-state index >= 15 is 0 Å². The minimum Gasteiger partial charge on any atom is -0.480 e. The van der Waals surface area contributed by atoms with Gasteiger partial charge in [-0.3, -0.25) is 14.5 Å². The summed E-state index contributed by atoms with van der Waals surface area (Å²) in [5.74, 6) is -1.64. The molecule has 0 aromatic heterocycles. The van der Waals surface area contributed by atoms with Crippen LogP contribution in [0.4, 0.5) is 4.39 Å². The van der Waals surface area contributed by atoms with Gasteiger partial charge >= 0.3 is 5.97 Å². The van der Waals surface area contributed by atoms with Gasteiger partial charge in [-0.1, -0.05) is 18.6 Å². The molecule has 2 rings (SSSR count). The third kappa shape index (κ3) is 4.53. The summed E-state index contributed by atoms with van der Waals surface area (Å²) in [5.41, 5.74) is 0.988. The van der Waals surface area contributed by atoms with E-state index in [9.17, 15) is 14.0 Å². The van der Waals surface area contributed by atoms with Crippen molar-refractivity contribution in [3.63, 3.8) is 0 Å². The number of benzene rings is 1. The highest BCUT2D eigenvalue weighted by molar-refractivity contribution is 5.82. The smallest absolute Gasteiger partial charge is 0.322 e. The topological polar surface area (TPSA) is 69.6 Å². The highest BCUT2D eigenvalue weighted by Crippen LogP contribution is 2.30. The molecular weight excluding hydrogens is 275 g/mol. The largest absolute Gasteiger partial charge is 0.480 e. The molecule has 114 valence electrons. The number of carboxylic acid groups (broad SMARTS) is 1. The second-order valence-electron chi connectivity index (χ2n) is 5.20. The van der Waals surface area contributed by atoms with Gasteiger partial charge in [0.15, 0.2) is 0 Å². The average Bonchev–Trinajstić information content (AvgIpc) is 2.47. The fraction of sp³-hybridized carbons (Fsp3) is 0.467. The van der Waals surface area contributed by atoms with E-state index in [1.165, 1.54) is 12.1 Å². The molecule has 5 nitrogen and oxygen atoms in total. The van der Waals surface area contributed by atoms with E-state index in [1.807, 2.05) is 4.90 Å². The lowest BCUT2D eigenvalue weighted by molar-refractivity contribution is -0.138. The van der Waals surface area contributed by atoms with Crippen LogP contribution in [0.2, 0.25) is 0 Å². The van der Waals surface area contributed by atoms with Gasteiger partial charge in [0.1, 0.15) is 12.4 Å². The van der Waals surface area contributed by atoms with Crippen molar-refractivity contribution >= 4 is 11.9 Å². The van der Waals surface area contributed by atoms with Crippen LogP contribution in [0.5, 0.6) is 0 Å². The number of amides is 1. The zero-order valence-corrected chi connectivity index (χ0v) is 11.7. The summed E-state index contributed by atoms with van der Waals surface area (Å²) in [6.45, 7) is 0.575. The maximum atomic E-state index is 13.0. The first kappa shape index (κ1) is 15.4. The standard InChI is InChI=1S/C15H19FN2O3/c16-12-6-4-11(5-7-12)13-3-1-2-8-18(13)10-14(19)17-9-15(20)21/h4-7,13H,1-3,8-10H2,(H,17,19)(H,20,21). The number of hydrogen-bond acceptors (Lipinski definition) is 3. The maximum absolute atomic E-state index is 13.0. The number of carboxylic acids is 1. The third-order valence-electron chi connectivity index (χ3n) is 3.65. The minimum absolute atomic E-state index is 0.0786. The molecule has 1 aromatic rings. The normalized spacial score (nSPS) is 19.2. The van der Waals surface area contributed by atoms with Gasteiger partial charge in [-0.15, -0.1) is 0 Å². The number of piperidine rings is 1. The Bertz CT molecular complexity index is 504. The lowest BCUT2D eigenvalue weighted by Gasteiger charge is -2.35. The van der Waals surface area contributed by atoms with Crippen molar-refractivity contribution in [1.29, 1.82) is 0 Å². The minimum atomic E-state index is -1.06. The van der Waals surface area contributed by atoms with Gasteiger partial charge in [0.25, 0.3) is 0 Å². The molecule has 1 fully saturated rings. The molecule has 6 heteroatoms. The molecule has 1 aromatic carbocycles. The number of nitrogens with zero attached hydrogens (tertiary/aromatic N) is 1. The van der Waals surface area contributed by atoms with Crippen LogP contribution < -0.4 is 5.32 Å². The molecule has 1 amide bonds. The van der Waals surface area contributed by atoms with Crippen molar-refractivity contribution in [3.05, 3.63) is 35.6 Å². The van der Waals surface area contributed by atoms with Gasteiger partial charge < -0.3 is 10.4 Å². The first-order valence-electron chi connectivity index (χ1n) is 7.04. The average molecular weight is 294 g/mol. The first-order chi connectivity index (χ1) is 10.1. The Morgan fingerprint density at radius 2 is 2.00 bits per heavy atom. The highest BCUT2D eigenvalue weighted by atomic mass is 19.1. The van der Waals surface area contributed by atoms with Crippen molar-refractivity contribution in [1.82, 2.24) is 10.2 Å². The summed E-state index contributed by atoms with van der Waals surface area (Å²) < 4.78 is 13.0. The predicted molar refractivity (Wildman–Crippen MR) is 75.2 cm³/mol. The summed E-state index contributed by atoms with van der Waals surface area (Å²) in [7, 11) is 0. The van der Waals surface area contributed by atoms with Gasteiger partial charge in [0, 0.05) is 6.04 Å². The molecule has 21 heavy (non-hydrogen) atoms. The quantitative estimate of drug-likeness (QED) is 0.864. The fourth-order valence-electron chi connectivity index (χ4n) is 2.66. The molecule has 1 aliphatic rings. The molecule has 0 spiro atoms.